The van der Waals surface area contributed by atoms with Gasteiger partial charge in [0.25, 0.3) is 5.56 Å². The Morgan fingerprint density at radius 1 is 0.923 bits per heavy atom. The van der Waals surface area contributed by atoms with E-state index in [4.69, 9.17) is 0 Å². The smallest absolute Gasteiger partial charge is 0.339 e. The molecule has 0 atom stereocenters. The van der Waals surface area contributed by atoms with Gasteiger partial charge in [-0.3, -0.25) is 19.3 Å². The average molecular weight is 547 g/mol. The molecule has 4 aliphatic rings. The first-order chi connectivity index (χ1) is 18.7. The van der Waals surface area contributed by atoms with E-state index in [2.05, 4.69) is 25.1 Å². The fourth-order valence-electron chi connectivity index (χ4n) is 5.52. The van der Waals surface area contributed by atoms with Gasteiger partial charge in [0.1, 0.15) is 0 Å². The molecule has 39 heavy (non-hydrogen) atoms. The molecule has 2 saturated heterocycles. The highest BCUT2D eigenvalue weighted by Gasteiger charge is 2.39. The van der Waals surface area contributed by atoms with E-state index >= 15 is 0 Å². The Morgan fingerprint density at radius 2 is 1.59 bits per heavy atom. The Kier molecular flexibility index (Phi) is 6.52. The van der Waals surface area contributed by atoms with Gasteiger partial charge in [0.2, 0.25) is 17.8 Å². The van der Waals surface area contributed by atoms with E-state index in [1.165, 1.54) is 0 Å². The molecule has 2 amide bonds. The summed E-state index contributed by atoms with van der Waals surface area (Å²) in [7, 11) is 0. The fraction of sp³-hybridized carbons (Fsp3) is 0.600. The first-order valence-electron chi connectivity index (χ1n) is 13.2. The minimum absolute atomic E-state index is 0.0527. The number of likely N-dealkylation sites (tertiary alicyclic amines) is 1. The largest absolute Gasteiger partial charge is 0.419 e. The van der Waals surface area contributed by atoms with Crippen LogP contribution < -0.4 is 10.5 Å². The molecule has 0 radical (unpaired) electrons. The van der Waals surface area contributed by atoms with Crippen LogP contribution in [-0.4, -0.2) is 92.5 Å². The first-order valence-corrected chi connectivity index (χ1v) is 13.2. The number of piperazine rings is 1. The molecule has 3 aliphatic heterocycles. The topological polar surface area (TPSA) is 119 Å². The van der Waals surface area contributed by atoms with Crippen LogP contribution in [0.15, 0.2) is 17.2 Å². The molecule has 2 aromatic heterocycles. The molecule has 11 nitrogen and oxygen atoms in total. The highest BCUT2D eigenvalue weighted by atomic mass is 19.4. The lowest BCUT2D eigenvalue weighted by Crippen LogP contribution is -2.57. The summed E-state index contributed by atoms with van der Waals surface area (Å²) in [5, 5.41) is 6.88. The number of hydrogen-bond acceptors (Lipinski definition) is 8. The van der Waals surface area contributed by atoms with Crippen molar-refractivity contribution in [1.82, 2.24) is 34.9 Å². The molecule has 0 aromatic carbocycles. The van der Waals surface area contributed by atoms with Crippen LogP contribution in [0.25, 0.3) is 0 Å². The zero-order chi connectivity index (χ0) is 27.3. The molecule has 208 valence electrons. The number of fused-ring (bicyclic) bond motifs is 1. The number of carbonyl (C=O) groups is 2. The van der Waals surface area contributed by atoms with Crippen molar-refractivity contribution in [2.45, 2.75) is 38.5 Å². The summed E-state index contributed by atoms with van der Waals surface area (Å²) >= 11 is 0. The van der Waals surface area contributed by atoms with Gasteiger partial charge in [0, 0.05) is 88.3 Å². The molecule has 1 N–H and O–H groups in total. The third-order valence-corrected chi connectivity index (χ3v) is 8.02. The summed E-state index contributed by atoms with van der Waals surface area (Å²) in [5.74, 6) is 0.407. The van der Waals surface area contributed by atoms with Crippen molar-refractivity contribution >= 4 is 17.8 Å². The maximum Gasteiger partial charge on any atom is 0.419 e. The van der Waals surface area contributed by atoms with Gasteiger partial charge in [0.05, 0.1) is 17.2 Å². The van der Waals surface area contributed by atoms with E-state index in [1.54, 1.807) is 9.80 Å². The van der Waals surface area contributed by atoms with E-state index in [0.717, 1.165) is 36.5 Å². The van der Waals surface area contributed by atoms with Crippen LogP contribution >= 0.6 is 0 Å². The number of halogens is 3. The van der Waals surface area contributed by atoms with Crippen LogP contribution in [0.1, 0.15) is 35.2 Å². The molecule has 0 unspecified atom stereocenters. The Morgan fingerprint density at radius 3 is 2.23 bits per heavy atom. The lowest BCUT2D eigenvalue weighted by molar-refractivity contribution is -0.142. The molecule has 3 fully saturated rings. The molecule has 0 bridgehead atoms. The number of aromatic amines is 1. The Labute approximate surface area is 222 Å². The lowest BCUT2D eigenvalue weighted by atomic mass is 9.95. The monoisotopic (exact) mass is 546 g/mol. The summed E-state index contributed by atoms with van der Waals surface area (Å²) in [6.07, 6.45) is -0.543. The van der Waals surface area contributed by atoms with Crippen LogP contribution in [0.4, 0.5) is 19.1 Å². The SMILES string of the molecule is O=C(C1CN(Cc2n[nH]c(=O)c3c2CN(C(=O)C2CC2)CC3)C1)N1CCN(c2ncc(C(F)(F)F)cn2)CC1. The number of nitrogens with zero attached hydrogens (tertiary/aromatic N) is 7. The third-order valence-electron chi connectivity index (χ3n) is 8.02. The zero-order valence-electron chi connectivity index (χ0n) is 21.3. The molecule has 1 aliphatic carbocycles. The molecular weight excluding hydrogens is 517 g/mol. The summed E-state index contributed by atoms with van der Waals surface area (Å²) in [5.41, 5.74) is 1.17. The fourth-order valence-corrected chi connectivity index (χ4v) is 5.52. The summed E-state index contributed by atoms with van der Waals surface area (Å²) in [4.78, 5) is 53.2. The van der Waals surface area contributed by atoms with Crippen LogP contribution in [-0.2, 0) is 35.3 Å². The Bertz CT molecular complexity index is 1310. The zero-order valence-corrected chi connectivity index (χ0v) is 21.3. The number of alkyl halides is 3. The summed E-state index contributed by atoms with van der Waals surface area (Å²) in [6, 6.07) is 0. The first kappa shape index (κ1) is 25.7. The minimum Gasteiger partial charge on any atom is -0.339 e. The second-order valence-corrected chi connectivity index (χ2v) is 10.7. The van der Waals surface area contributed by atoms with Gasteiger partial charge >= 0.3 is 6.18 Å². The van der Waals surface area contributed by atoms with E-state index < -0.39 is 11.7 Å². The summed E-state index contributed by atoms with van der Waals surface area (Å²) in [6.45, 7) is 4.36. The van der Waals surface area contributed by atoms with Crippen molar-refractivity contribution in [1.29, 1.82) is 0 Å². The van der Waals surface area contributed by atoms with E-state index in [9.17, 15) is 27.6 Å². The Balaban J connectivity index is 1.01. The quantitative estimate of drug-likeness (QED) is 0.581. The highest BCUT2D eigenvalue weighted by molar-refractivity contribution is 5.81. The maximum absolute atomic E-state index is 13.1. The number of anilines is 1. The number of nitrogens with one attached hydrogen (secondary N) is 1. The van der Waals surface area contributed by atoms with Crippen molar-refractivity contribution in [2.24, 2.45) is 11.8 Å². The lowest BCUT2D eigenvalue weighted by Gasteiger charge is -2.43. The summed E-state index contributed by atoms with van der Waals surface area (Å²) < 4.78 is 38.3. The number of amides is 2. The van der Waals surface area contributed by atoms with Gasteiger partial charge in [-0.25, -0.2) is 15.1 Å². The van der Waals surface area contributed by atoms with Crippen LogP contribution in [0.5, 0.6) is 0 Å². The third kappa shape index (κ3) is 5.21. The van der Waals surface area contributed by atoms with Gasteiger partial charge in [-0.2, -0.15) is 18.3 Å². The second kappa shape index (κ2) is 9.88. The Hall–Kier alpha value is -3.55. The maximum atomic E-state index is 13.1. The number of aromatic nitrogens is 4. The molecule has 1 saturated carbocycles. The van der Waals surface area contributed by atoms with Crippen molar-refractivity contribution in [3.05, 3.63) is 45.1 Å². The average Bonchev–Trinajstić information content (AvgIpc) is 3.76. The number of H-pyrrole nitrogens is 1. The predicted molar refractivity (Wildman–Crippen MR) is 131 cm³/mol. The highest BCUT2D eigenvalue weighted by Crippen LogP contribution is 2.33. The number of carbonyl (C=O) groups excluding carboxylic acids is 2. The van der Waals surface area contributed by atoms with Crippen molar-refractivity contribution < 1.29 is 22.8 Å². The van der Waals surface area contributed by atoms with Crippen molar-refractivity contribution in [3.63, 3.8) is 0 Å². The predicted octanol–water partition coefficient (Wildman–Crippen LogP) is 0.654. The van der Waals surface area contributed by atoms with Gasteiger partial charge in [0.15, 0.2) is 0 Å². The number of hydrogen-bond donors (Lipinski definition) is 1. The van der Waals surface area contributed by atoms with E-state index in [0.29, 0.717) is 70.9 Å². The van der Waals surface area contributed by atoms with Gasteiger partial charge in [-0.05, 0) is 19.3 Å². The minimum atomic E-state index is -4.48. The van der Waals surface area contributed by atoms with Crippen LogP contribution in [0.3, 0.4) is 0 Å². The van der Waals surface area contributed by atoms with E-state index in [-0.39, 0.29) is 35.2 Å². The molecule has 14 heteroatoms. The van der Waals surface area contributed by atoms with Gasteiger partial charge in [-0.1, -0.05) is 0 Å². The second-order valence-electron chi connectivity index (χ2n) is 10.7. The number of rotatable bonds is 5. The van der Waals surface area contributed by atoms with Crippen molar-refractivity contribution in [3.8, 4) is 0 Å². The van der Waals surface area contributed by atoms with E-state index in [1.807, 2.05) is 4.90 Å². The normalized spacial score (nSPS) is 20.5. The van der Waals surface area contributed by atoms with Gasteiger partial charge < -0.3 is 14.7 Å². The molecule has 5 heterocycles. The van der Waals surface area contributed by atoms with Crippen LogP contribution in [0.2, 0.25) is 0 Å². The standard InChI is InChI=1S/C25H29F3N8O3/c26-25(27,28)17-9-29-24(30-10-17)35-7-5-34(6-8-35)23(39)16-11-33(12-16)14-20-19-13-36(22(38)15-1-2-15)4-3-18(19)21(37)32-31-20/h9-10,15-16H,1-8,11-14H2,(H,32,37). The van der Waals surface area contributed by atoms with Crippen LogP contribution in [0, 0.1) is 11.8 Å². The molecular formula is C25H29F3N8O3. The van der Waals surface area contributed by atoms with Gasteiger partial charge in [-0.15, -0.1) is 0 Å². The molecule has 2 aromatic rings. The molecule has 0 spiro atoms. The molecule has 6 rings (SSSR count). The van der Waals surface area contributed by atoms with Crippen molar-refractivity contribution in [2.75, 3.05) is 50.7 Å².